The molecule has 0 bridgehead atoms. The molecule has 0 unspecified atom stereocenters. The Morgan fingerprint density at radius 3 is 2.84 bits per heavy atom. The van der Waals surface area contributed by atoms with E-state index in [0.29, 0.717) is 17.1 Å². The highest BCUT2D eigenvalue weighted by Gasteiger charge is 2.10. The normalized spacial score (nSPS) is 11.2. The molecule has 5 rings (SSSR count). The Kier molecular flexibility index (Phi) is 2.93. The van der Waals surface area contributed by atoms with Gasteiger partial charge in [0.2, 0.25) is 5.95 Å². The van der Waals surface area contributed by atoms with E-state index in [-0.39, 0.29) is 0 Å². The molecule has 8 nitrogen and oxygen atoms in total. The van der Waals surface area contributed by atoms with Crippen molar-refractivity contribution >= 4 is 33.7 Å². The number of hydrogen-bond donors (Lipinski definition) is 2. The van der Waals surface area contributed by atoms with Crippen LogP contribution in [0.5, 0.6) is 0 Å². The van der Waals surface area contributed by atoms with Gasteiger partial charge in [-0.15, -0.1) is 5.10 Å². The molecule has 0 aliphatic carbocycles. The van der Waals surface area contributed by atoms with Gasteiger partial charge in [-0.05, 0) is 30.3 Å². The zero-order chi connectivity index (χ0) is 16.6. The first-order chi connectivity index (χ1) is 12.4. The number of nitrogens with zero attached hydrogens (tertiary/aromatic N) is 6. The monoisotopic (exact) mass is 328 g/mol. The highest BCUT2D eigenvalue weighted by atomic mass is 15.4. The molecule has 2 aromatic carbocycles. The van der Waals surface area contributed by atoms with E-state index in [1.807, 2.05) is 48.5 Å². The number of anilines is 2. The van der Waals surface area contributed by atoms with E-state index in [1.54, 1.807) is 17.1 Å². The summed E-state index contributed by atoms with van der Waals surface area (Å²) in [7, 11) is 0. The minimum atomic E-state index is 0.478. The van der Waals surface area contributed by atoms with Gasteiger partial charge in [-0.1, -0.05) is 23.4 Å². The topological polar surface area (TPSA) is 97.2 Å². The lowest BCUT2D eigenvalue weighted by Crippen LogP contribution is -2.01. The number of rotatable bonds is 3. The molecule has 0 saturated heterocycles. The second-order valence-electron chi connectivity index (χ2n) is 5.54. The molecule has 3 aromatic heterocycles. The number of para-hydroxylation sites is 1. The predicted octanol–water partition coefficient (Wildman–Crippen LogP) is 2.83. The van der Waals surface area contributed by atoms with Crippen LogP contribution in [0.4, 0.5) is 11.6 Å². The summed E-state index contributed by atoms with van der Waals surface area (Å²) >= 11 is 0. The van der Waals surface area contributed by atoms with Gasteiger partial charge in [0, 0.05) is 11.1 Å². The number of aromatic nitrogens is 7. The van der Waals surface area contributed by atoms with Gasteiger partial charge in [-0.3, -0.25) is 5.10 Å². The Hall–Kier alpha value is -3.81. The van der Waals surface area contributed by atoms with E-state index in [0.717, 1.165) is 22.3 Å². The quantitative estimate of drug-likeness (QED) is 0.528. The smallest absolute Gasteiger partial charge is 0.229 e. The van der Waals surface area contributed by atoms with Crippen LogP contribution in [0, 0.1) is 0 Å². The first-order valence-corrected chi connectivity index (χ1v) is 7.71. The third-order valence-electron chi connectivity index (χ3n) is 3.89. The van der Waals surface area contributed by atoms with E-state index in [9.17, 15) is 0 Å². The first kappa shape index (κ1) is 13.6. The largest absolute Gasteiger partial charge is 0.324 e. The van der Waals surface area contributed by atoms with Crippen molar-refractivity contribution in [2.75, 3.05) is 5.32 Å². The zero-order valence-corrected chi connectivity index (χ0v) is 13.0. The average molecular weight is 328 g/mol. The SMILES string of the molecule is c1ccc(-n2nnc3cnc(Nc4ccc5cn[nH]c5c4)nc32)cc1. The molecule has 0 spiro atoms. The van der Waals surface area contributed by atoms with Crippen molar-refractivity contribution in [2.24, 2.45) is 0 Å². The fourth-order valence-corrected chi connectivity index (χ4v) is 2.68. The standard InChI is InChI=1S/C17H12N8/c1-2-4-13(5-3-1)25-16-15(23-24-25)10-18-17(21-16)20-12-7-6-11-9-19-22-14(11)8-12/h1-10H,(H,19,22)(H,18,20,21). The second kappa shape index (κ2) is 5.38. The molecular formula is C17H12N8. The summed E-state index contributed by atoms with van der Waals surface area (Å²) in [6.07, 6.45) is 3.44. The Balaban J connectivity index is 1.55. The van der Waals surface area contributed by atoms with Crippen LogP contribution >= 0.6 is 0 Å². The lowest BCUT2D eigenvalue weighted by Gasteiger charge is -2.05. The number of hydrogen-bond acceptors (Lipinski definition) is 6. The zero-order valence-electron chi connectivity index (χ0n) is 13.0. The molecular weight excluding hydrogens is 316 g/mol. The molecule has 8 heteroatoms. The van der Waals surface area contributed by atoms with Gasteiger partial charge in [0.15, 0.2) is 11.2 Å². The summed E-state index contributed by atoms with van der Waals surface area (Å²) < 4.78 is 1.69. The van der Waals surface area contributed by atoms with Crippen molar-refractivity contribution in [3.63, 3.8) is 0 Å². The van der Waals surface area contributed by atoms with Crippen molar-refractivity contribution in [3.8, 4) is 5.69 Å². The number of fused-ring (bicyclic) bond motifs is 2. The summed E-state index contributed by atoms with van der Waals surface area (Å²) in [5.41, 5.74) is 4.00. The van der Waals surface area contributed by atoms with Crippen LogP contribution in [-0.2, 0) is 0 Å². The predicted molar refractivity (Wildman–Crippen MR) is 93.8 cm³/mol. The molecule has 0 aliphatic rings. The maximum atomic E-state index is 4.56. The van der Waals surface area contributed by atoms with Gasteiger partial charge in [0.25, 0.3) is 0 Å². The van der Waals surface area contributed by atoms with Gasteiger partial charge < -0.3 is 5.32 Å². The second-order valence-corrected chi connectivity index (χ2v) is 5.54. The molecule has 3 heterocycles. The van der Waals surface area contributed by atoms with E-state index in [4.69, 9.17) is 0 Å². The van der Waals surface area contributed by atoms with Gasteiger partial charge >= 0.3 is 0 Å². The third-order valence-corrected chi connectivity index (χ3v) is 3.89. The number of H-pyrrole nitrogens is 1. The highest BCUT2D eigenvalue weighted by Crippen LogP contribution is 2.20. The fourth-order valence-electron chi connectivity index (χ4n) is 2.68. The van der Waals surface area contributed by atoms with Crippen LogP contribution in [0.3, 0.4) is 0 Å². The molecule has 120 valence electrons. The van der Waals surface area contributed by atoms with Crippen LogP contribution in [0.15, 0.2) is 60.9 Å². The average Bonchev–Trinajstić information content (AvgIpc) is 3.28. The van der Waals surface area contributed by atoms with Crippen molar-refractivity contribution in [1.29, 1.82) is 0 Å². The van der Waals surface area contributed by atoms with Gasteiger partial charge in [-0.2, -0.15) is 14.8 Å². The van der Waals surface area contributed by atoms with Crippen LogP contribution < -0.4 is 5.32 Å². The van der Waals surface area contributed by atoms with Crippen molar-refractivity contribution in [2.45, 2.75) is 0 Å². The molecule has 0 atom stereocenters. The minimum Gasteiger partial charge on any atom is -0.324 e. The van der Waals surface area contributed by atoms with Crippen molar-refractivity contribution in [3.05, 3.63) is 60.9 Å². The van der Waals surface area contributed by atoms with E-state index in [1.165, 1.54) is 0 Å². The summed E-state index contributed by atoms with van der Waals surface area (Å²) in [4.78, 5) is 8.88. The van der Waals surface area contributed by atoms with Crippen molar-refractivity contribution < 1.29 is 0 Å². The third kappa shape index (κ3) is 2.36. The minimum absolute atomic E-state index is 0.478. The van der Waals surface area contributed by atoms with Gasteiger partial charge in [0.1, 0.15) is 0 Å². The van der Waals surface area contributed by atoms with Crippen molar-refractivity contribution in [1.82, 2.24) is 35.2 Å². The maximum Gasteiger partial charge on any atom is 0.229 e. The summed E-state index contributed by atoms with van der Waals surface area (Å²) in [6.45, 7) is 0. The molecule has 0 aliphatic heterocycles. The number of nitrogens with one attached hydrogen (secondary N) is 2. The fraction of sp³-hybridized carbons (Fsp3) is 0. The molecule has 25 heavy (non-hydrogen) atoms. The molecule has 0 saturated carbocycles. The van der Waals surface area contributed by atoms with Crippen LogP contribution in [0.25, 0.3) is 27.8 Å². The molecule has 0 amide bonds. The number of benzene rings is 2. The maximum absolute atomic E-state index is 4.56. The molecule has 2 N–H and O–H groups in total. The summed E-state index contributed by atoms with van der Waals surface area (Å²) in [5, 5.41) is 19.5. The van der Waals surface area contributed by atoms with E-state index < -0.39 is 0 Å². The Morgan fingerprint density at radius 1 is 1.00 bits per heavy atom. The van der Waals surface area contributed by atoms with E-state index in [2.05, 4.69) is 35.8 Å². The van der Waals surface area contributed by atoms with Crippen LogP contribution in [0.2, 0.25) is 0 Å². The summed E-state index contributed by atoms with van der Waals surface area (Å²) in [6, 6.07) is 15.7. The van der Waals surface area contributed by atoms with Crippen LogP contribution in [-0.4, -0.2) is 35.2 Å². The van der Waals surface area contributed by atoms with Crippen LogP contribution in [0.1, 0.15) is 0 Å². The first-order valence-electron chi connectivity index (χ1n) is 7.71. The van der Waals surface area contributed by atoms with E-state index >= 15 is 0 Å². The lowest BCUT2D eigenvalue weighted by molar-refractivity contribution is 0.817. The molecule has 0 fully saturated rings. The molecule has 5 aromatic rings. The lowest BCUT2D eigenvalue weighted by atomic mass is 10.2. The Morgan fingerprint density at radius 2 is 1.92 bits per heavy atom. The van der Waals surface area contributed by atoms with Gasteiger partial charge in [0.05, 0.1) is 23.6 Å². The molecule has 0 radical (unpaired) electrons. The van der Waals surface area contributed by atoms with Gasteiger partial charge in [-0.25, -0.2) is 4.98 Å². The summed E-state index contributed by atoms with van der Waals surface area (Å²) in [5.74, 6) is 0.478. The highest BCUT2D eigenvalue weighted by molar-refractivity contribution is 5.82. The Bertz CT molecular complexity index is 1180. The Labute approximate surface area is 141 Å². The number of aromatic amines is 1.